The lowest BCUT2D eigenvalue weighted by Crippen LogP contribution is -2.43. The smallest absolute Gasteiger partial charge is 0.324 e. The Bertz CT molecular complexity index is 1080. The van der Waals surface area contributed by atoms with E-state index in [0.29, 0.717) is 34.1 Å². The maximum absolute atomic E-state index is 13.5. The molecule has 0 aliphatic heterocycles. The molecule has 7 heteroatoms. The summed E-state index contributed by atoms with van der Waals surface area (Å²) in [6, 6.07) is 13.7. The number of fused-ring (bicyclic) bond motifs is 2. The van der Waals surface area contributed by atoms with E-state index in [1.54, 1.807) is 42.5 Å². The Morgan fingerprint density at radius 3 is 2.45 bits per heavy atom. The van der Waals surface area contributed by atoms with Gasteiger partial charge in [0.1, 0.15) is 0 Å². The molecule has 1 amide bonds. The van der Waals surface area contributed by atoms with Gasteiger partial charge >= 0.3 is 5.97 Å². The quantitative estimate of drug-likeness (QED) is 0.427. The normalized spacial score (nSPS) is 27.3. The van der Waals surface area contributed by atoms with Crippen LogP contribution in [0.15, 0.2) is 53.7 Å². The number of carbonyl (C=O) groups is 2. The van der Waals surface area contributed by atoms with E-state index >= 15 is 0 Å². The van der Waals surface area contributed by atoms with Crippen LogP contribution < -0.4 is 5.32 Å². The molecule has 0 heterocycles. The first-order valence-corrected chi connectivity index (χ1v) is 11.0. The number of benzene rings is 2. The average Bonchev–Trinajstić information content (AvgIpc) is 3.06. The first kappa shape index (κ1) is 21.8. The highest BCUT2D eigenvalue weighted by Gasteiger charge is 2.71. The van der Waals surface area contributed by atoms with Crippen molar-refractivity contribution in [1.82, 2.24) is 0 Å². The largest absolute Gasteiger partial charge is 0.365 e. The monoisotopic (exact) mass is 458 g/mol. The second kappa shape index (κ2) is 7.64. The number of anilines is 1. The van der Waals surface area contributed by atoms with Gasteiger partial charge in [-0.2, -0.15) is 0 Å². The van der Waals surface area contributed by atoms with Gasteiger partial charge < -0.3 is 10.2 Å². The van der Waals surface area contributed by atoms with Gasteiger partial charge in [0.15, 0.2) is 0 Å². The Morgan fingerprint density at radius 1 is 1.03 bits per heavy atom. The summed E-state index contributed by atoms with van der Waals surface area (Å²) >= 11 is 12.3. The van der Waals surface area contributed by atoms with Crippen LogP contribution in [0.4, 0.5) is 5.69 Å². The lowest BCUT2D eigenvalue weighted by Gasteiger charge is -2.39. The number of hydrogen-bond acceptors (Lipinski definition) is 4. The Balaban J connectivity index is 1.61. The molecule has 1 N–H and O–H groups in total. The van der Waals surface area contributed by atoms with Crippen molar-refractivity contribution in [2.24, 2.45) is 21.4 Å². The number of nitrogens with zero attached hydrogens (tertiary/aromatic N) is 1. The predicted molar refractivity (Wildman–Crippen MR) is 123 cm³/mol. The molecule has 2 unspecified atom stereocenters. The number of amides is 1. The Hall–Kier alpha value is -2.37. The van der Waals surface area contributed by atoms with Gasteiger partial charge in [0, 0.05) is 16.9 Å². The number of rotatable bonds is 4. The van der Waals surface area contributed by atoms with E-state index in [-0.39, 0.29) is 11.3 Å². The first-order valence-electron chi connectivity index (χ1n) is 10.2. The number of carbonyl (C=O) groups excluding carboxylic acids is 2. The molecular formula is C24H24Cl2N2O3. The van der Waals surface area contributed by atoms with E-state index < -0.39 is 16.8 Å². The molecule has 2 saturated carbocycles. The fraction of sp³-hybridized carbons (Fsp3) is 0.375. The second-order valence-electron chi connectivity index (χ2n) is 9.08. The van der Waals surface area contributed by atoms with Crippen molar-refractivity contribution in [3.8, 4) is 0 Å². The minimum atomic E-state index is -0.689. The van der Waals surface area contributed by atoms with Gasteiger partial charge in [-0.1, -0.05) is 67.3 Å². The van der Waals surface area contributed by atoms with Crippen molar-refractivity contribution in [2.75, 3.05) is 5.32 Å². The van der Waals surface area contributed by atoms with E-state index in [0.717, 1.165) is 12.1 Å². The molecule has 2 bridgehead atoms. The van der Waals surface area contributed by atoms with Crippen LogP contribution in [0, 0.1) is 16.2 Å². The molecule has 0 aromatic heterocycles. The van der Waals surface area contributed by atoms with Crippen LogP contribution in [-0.4, -0.2) is 17.6 Å². The molecule has 2 atom stereocenters. The highest BCUT2D eigenvalue weighted by atomic mass is 35.5. The minimum absolute atomic E-state index is 0.120. The van der Waals surface area contributed by atoms with Crippen molar-refractivity contribution in [3.63, 3.8) is 0 Å². The van der Waals surface area contributed by atoms with Crippen LogP contribution in [0.3, 0.4) is 0 Å². The molecule has 2 aromatic rings. The molecule has 31 heavy (non-hydrogen) atoms. The maximum atomic E-state index is 13.5. The number of hydrogen-bond donors (Lipinski definition) is 1. The van der Waals surface area contributed by atoms with Crippen LogP contribution >= 0.6 is 23.2 Å². The SMILES string of the molecule is CC12CCC(C(=O)Nc3cc(Cl)ccc3Cl)(CC1=NOC(=O)c1ccccc1)C2(C)C. The molecule has 0 saturated heterocycles. The van der Waals surface area contributed by atoms with Crippen LogP contribution in [0.2, 0.25) is 10.0 Å². The summed E-state index contributed by atoms with van der Waals surface area (Å²) in [6.45, 7) is 6.26. The van der Waals surface area contributed by atoms with Gasteiger partial charge in [-0.05, 0) is 48.6 Å². The zero-order valence-electron chi connectivity index (χ0n) is 17.7. The predicted octanol–water partition coefficient (Wildman–Crippen LogP) is 6.36. The van der Waals surface area contributed by atoms with Gasteiger partial charge in [0.05, 0.1) is 27.4 Å². The standard InChI is InChI=1S/C24H24Cl2N2O3/c1-22(2)23(3)11-12-24(22,21(30)27-18-13-16(25)9-10-17(18)26)14-19(23)28-31-20(29)15-7-5-4-6-8-15/h4-10,13H,11-12,14H2,1-3H3,(H,27,30). The second-order valence-corrected chi connectivity index (χ2v) is 9.92. The van der Waals surface area contributed by atoms with Gasteiger partial charge in [-0.15, -0.1) is 0 Å². The summed E-state index contributed by atoms with van der Waals surface area (Å²) in [4.78, 5) is 31.2. The van der Waals surface area contributed by atoms with Crippen LogP contribution in [0.25, 0.3) is 0 Å². The van der Waals surface area contributed by atoms with Crippen LogP contribution in [0.1, 0.15) is 50.4 Å². The molecular weight excluding hydrogens is 435 g/mol. The van der Waals surface area contributed by atoms with Crippen LogP contribution in [-0.2, 0) is 9.63 Å². The van der Waals surface area contributed by atoms with E-state index in [4.69, 9.17) is 28.0 Å². The Labute approximate surface area is 191 Å². The zero-order chi connectivity index (χ0) is 22.4. The van der Waals surface area contributed by atoms with E-state index in [1.807, 2.05) is 6.07 Å². The summed E-state index contributed by atoms with van der Waals surface area (Å²) in [5, 5.41) is 8.15. The lowest BCUT2D eigenvalue weighted by molar-refractivity contribution is -0.130. The average molecular weight is 459 g/mol. The molecule has 2 aromatic carbocycles. The third-order valence-corrected chi connectivity index (χ3v) is 8.16. The molecule has 2 aliphatic carbocycles. The Kier molecular flexibility index (Phi) is 5.39. The summed E-state index contributed by atoms with van der Waals surface area (Å²) in [7, 11) is 0. The number of oxime groups is 1. The highest BCUT2D eigenvalue weighted by molar-refractivity contribution is 6.35. The zero-order valence-corrected chi connectivity index (χ0v) is 19.2. The van der Waals surface area contributed by atoms with E-state index in [2.05, 4.69) is 31.2 Å². The van der Waals surface area contributed by atoms with Gasteiger partial charge in [-0.3, -0.25) is 4.79 Å². The van der Waals surface area contributed by atoms with Crippen molar-refractivity contribution in [1.29, 1.82) is 0 Å². The molecule has 0 radical (unpaired) electrons. The first-order chi connectivity index (χ1) is 14.6. The Morgan fingerprint density at radius 2 is 1.74 bits per heavy atom. The maximum Gasteiger partial charge on any atom is 0.365 e. The number of halogens is 2. The molecule has 5 nitrogen and oxygen atoms in total. The number of nitrogens with one attached hydrogen (secondary N) is 1. The topological polar surface area (TPSA) is 67.8 Å². The summed E-state index contributed by atoms with van der Waals surface area (Å²) in [5.74, 6) is -0.633. The van der Waals surface area contributed by atoms with Gasteiger partial charge in [0.25, 0.3) is 0 Å². The minimum Gasteiger partial charge on any atom is -0.324 e. The fourth-order valence-corrected chi connectivity index (χ4v) is 5.42. The summed E-state index contributed by atoms with van der Waals surface area (Å²) in [5.41, 5.74) is 0.208. The molecule has 162 valence electrons. The molecule has 4 rings (SSSR count). The molecule has 2 aliphatic rings. The third-order valence-electron chi connectivity index (χ3n) is 7.59. The van der Waals surface area contributed by atoms with Crippen molar-refractivity contribution in [2.45, 2.75) is 40.0 Å². The van der Waals surface area contributed by atoms with Crippen molar-refractivity contribution < 1.29 is 14.4 Å². The fourth-order valence-electron chi connectivity index (χ4n) is 5.08. The highest BCUT2D eigenvalue weighted by Crippen LogP contribution is 2.71. The summed E-state index contributed by atoms with van der Waals surface area (Å²) < 4.78 is 0. The molecule has 0 spiro atoms. The lowest BCUT2D eigenvalue weighted by atomic mass is 9.64. The van der Waals surface area contributed by atoms with Crippen molar-refractivity contribution >= 4 is 46.5 Å². The van der Waals surface area contributed by atoms with Crippen molar-refractivity contribution in [3.05, 3.63) is 64.1 Å². The van der Waals surface area contributed by atoms with Gasteiger partial charge in [-0.25, -0.2) is 4.79 Å². The summed E-state index contributed by atoms with van der Waals surface area (Å²) in [6.07, 6.45) is 1.91. The van der Waals surface area contributed by atoms with E-state index in [9.17, 15) is 9.59 Å². The van der Waals surface area contributed by atoms with E-state index in [1.165, 1.54) is 0 Å². The van der Waals surface area contributed by atoms with Gasteiger partial charge in [0.2, 0.25) is 5.91 Å². The third kappa shape index (κ3) is 3.35. The van der Waals surface area contributed by atoms with Crippen LogP contribution in [0.5, 0.6) is 0 Å². The molecule has 2 fully saturated rings.